The number of ether oxygens (including phenoxy) is 1. The minimum Gasteiger partial charge on any atom is -0.370 e. The van der Waals surface area contributed by atoms with E-state index in [1.165, 1.54) is 22.9 Å². The molecule has 40 heavy (non-hydrogen) atoms. The van der Waals surface area contributed by atoms with Crippen LogP contribution in [-0.2, 0) is 4.74 Å². The van der Waals surface area contributed by atoms with Gasteiger partial charge < -0.3 is 10.5 Å². The lowest BCUT2D eigenvalue weighted by Gasteiger charge is -2.42. The molecule has 2 N–H and O–H groups in total. The predicted octanol–water partition coefficient (Wildman–Crippen LogP) is 5.49. The molecule has 0 aliphatic carbocycles. The second kappa shape index (κ2) is 10.3. The smallest absolute Gasteiger partial charge is 0.154 e. The lowest BCUT2D eigenvalue weighted by Crippen LogP contribution is -2.51. The molecular formula is C32H31F2N5O. The molecule has 7 rings (SSSR count). The zero-order chi connectivity index (χ0) is 27.2. The highest BCUT2D eigenvalue weighted by atomic mass is 19.1. The Hall–Kier alpha value is -3.85. The average molecular weight is 540 g/mol. The second-order valence-electron chi connectivity index (χ2n) is 10.8. The third kappa shape index (κ3) is 4.33. The van der Waals surface area contributed by atoms with E-state index in [0.717, 1.165) is 36.6 Å². The van der Waals surface area contributed by atoms with Crippen molar-refractivity contribution < 1.29 is 13.5 Å². The van der Waals surface area contributed by atoms with Crippen LogP contribution in [0.5, 0.6) is 0 Å². The number of para-hydroxylation sites is 1. The molecule has 4 aliphatic heterocycles. The fraction of sp³-hybridized carbons (Fsp3) is 0.281. The van der Waals surface area contributed by atoms with Crippen LogP contribution >= 0.6 is 0 Å². The lowest BCUT2D eigenvalue weighted by molar-refractivity contribution is -0.0503. The normalized spacial score (nSPS) is 26.5. The van der Waals surface area contributed by atoms with Crippen LogP contribution in [0.1, 0.15) is 36.1 Å². The Kier molecular flexibility index (Phi) is 6.46. The van der Waals surface area contributed by atoms with Crippen LogP contribution in [-0.4, -0.2) is 47.5 Å². The Bertz CT molecular complexity index is 1490. The van der Waals surface area contributed by atoms with Crippen LogP contribution in [0.15, 0.2) is 107 Å². The van der Waals surface area contributed by atoms with Gasteiger partial charge in [-0.3, -0.25) is 14.9 Å². The number of anilines is 1. The van der Waals surface area contributed by atoms with Gasteiger partial charge in [-0.05, 0) is 48.4 Å². The SMILES string of the molecule is N[C@H]1C[C@@H](N2CCC3=C(C2)C2=NC=CC(c4ccccc4)N2N3c2ccccc2)CO[C@@H]1c1cc(F)ccc1F. The van der Waals surface area contributed by atoms with Crippen molar-refractivity contribution in [2.45, 2.75) is 37.1 Å². The van der Waals surface area contributed by atoms with E-state index in [2.05, 4.69) is 69.5 Å². The first-order valence-corrected chi connectivity index (χ1v) is 13.8. The summed E-state index contributed by atoms with van der Waals surface area (Å²) in [5.41, 5.74) is 11.5. The topological polar surface area (TPSA) is 57.3 Å². The predicted molar refractivity (Wildman–Crippen MR) is 151 cm³/mol. The highest BCUT2D eigenvalue weighted by molar-refractivity contribution is 6.05. The van der Waals surface area contributed by atoms with Gasteiger partial charge in [-0.2, -0.15) is 0 Å². The van der Waals surface area contributed by atoms with Gasteiger partial charge in [-0.15, -0.1) is 0 Å². The monoisotopic (exact) mass is 539 g/mol. The number of amidine groups is 1. The van der Waals surface area contributed by atoms with Crippen LogP contribution in [0.4, 0.5) is 14.5 Å². The molecule has 204 valence electrons. The van der Waals surface area contributed by atoms with E-state index in [1.807, 2.05) is 18.3 Å². The largest absolute Gasteiger partial charge is 0.370 e. The van der Waals surface area contributed by atoms with Crippen molar-refractivity contribution >= 4 is 11.5 Å². The molecule has 3 aromatic rings. The molecule has 6 nitrogen and oxygen atoms in total. The van der Waals surface area contributed by atoms with Gasteiger partial charge in [0.05, 0.1) is 24.0 Å². The number of fused-ring (bicyclic) bond motifs is 2. The molecular weight excluding hydrogens is 508 g/mol. The first kappa shape index (κ1) is 25.1. The van der Waals surface area contributed by atoms with Crippen LogP contribution in [0.2, 0.25) is 0 Å². The molecule has 0 saturated carbocycles. The summed E-state index contributed by atoms with van der Waals surface area (Å²) in [5.74, 6) is -0.0215. The van der Waals surface area contributed by atoms with Gasteiger partial charge in [0.1, 0.15) is 17.7 Å². The third-order valence-corrected chi connectivity index (χ3v) is 8.36. The minimum atomic E-state index is -0.665. The van der Waals surface area contributed by atoms with Gasteiger partial charge in [0.2, 0.25) is 0 Å². The van der Waals surface area contributed by atoms with Crippen LogP contribution in [0.25, 0.3) is 0 Å². The molecule has 1 saturated heterocycles. The van der Waals surface area contributed by atoms with Crippen molar-refractivity contribution in [3.05, 3.63) is 125 Å². The number of nitrogens with zero attached hydrogens (tertiary/aromatic N) is 4. The summed E-state index contributed by atoms with van der Waals surface area (Å²) in [4.78, 5) is 7.30. The maximum atomic E-state index is 14.5. The van der Waals surface area contributed by atoms with E-state index < -0.39 is 23.8 Å². The Morgan fingerprint density at radius 1 is 0.950 bits per heavy atom. The molecule has 1 unspecified atom stereocenters. The van der Waals surface area contributed by atoms with Crippen molar-refractivity contribution in [3.8, 4) is 0 Å². The zero-order valence-electron chi connectivity index (χ0n) is 22.0. The van der Waals surface area contributed by atoms with Gasteiger partial charge in [0, 0.05) is 48.9 Å². The molecule has 0 radical (unpaired) electrons. The number of aliphatic imine (C=N–C) groups is 1. The summed E-state index contributed by atoms with van der Waals surface area (Å²) in [6.45, 7) is 1.96. The Balaban J connectivity index is 1.16. The summed E-state index contributed by atoms with van der Waals surface area (Å²) in [6.07, 6.45) is 4.87. The molecule has 1 fully saturated rings. The Labute approximate surface area is 232 Å². The number of rotatable bonds is 4. The van der Waals surface area contributed by atoms with Crippen molar-refractivity contribution in [1.82, 2.24) is 9.91 Å². The number of benzene rings is 3. The molecule has 4 heterocycles. The fourth-order valence-corrected chi connectivity index (χ4v) is 6.46. The van der Waals surface area contributed by atoms with E-state index in [0.29, 0.717) is 19.6 Å². The number of nitrogens with two attached hydrogens (primary N) is 1. The van der Waals surface area contributed by atoms with Crippen molar-refractivity contribution in [2.75, 3.05) is 24.7 Å². The molecule has 0 aromatic heterocycles. The quantitative estimate of drug-likeness (QED) is 0.476. The van der Waals surface area contributed by atoms with Gasteiger partial charge in [0.25, 0.3) is 0 Å². The molecule has 0 bridgehead atoms. The summed E-state index contributed by atoms with van der Waals surface area (Å²) in [5, 5.41) is 4.64. The van der Waals surface area contributed by atoms with E-state index >= 15 is 0 Å². The Morgan fingerprint density at radius 3 is 2.50 bits per heavy atom. The number of hydrogen-bond donors (Lipinski definition) is 1. The van der Waals surface area contributed by atoms with Gasteiger partial charge in [-0.25, -0.2) is 13.8 Å². The molecule has 0 spiro atoms. The fourth-order valence-electron chi connectivity index (χ4n) is 6.46. The molecule has 4 aliphatic rings. The van der Waals surface area contributed by atoms with Crippen molar-refractivity contribution in [2.24, 2.45) is 10.7 Å². The standard InChI is InChI=1S/C32H31F2N5O/c33-22-11-12-27(34)25(17-22)31-28(35)18-24(20-40-31)37-16-14-30-26(19-37)32-36-15-13-29(21-7-3-1-4-8-21)39(32)38(30)23-9-5-2-6-10-23/h1-13,15,17,24,28-29,31H,14,16,18-20,35H2/t24-,28+,29?,31-/m1/s1. The average Bonchev–Trinajstić information content (AvgIpc) is 3.33. The van der Waals surface area contributed by atoms with E-state index in [-0.39, 0.29) is 17.6 Å². The van der Waals surface area contributed by atoms with Gasteiger partial charge >= 0.3 is 0 Å². The second-order valence-corrected chi connectivity index (χ2v) is 10.8. The molecule has 8 heteroatoms. The van der Waals surface area contributed by atoms with Gasteiger partial charge in [-0.1, -0.05) is 48.5 Å². The highest BCUT2D eigenvalue weighted by Crippen LogP contribution is 2.43. The highest BCUT2D eigenvalue weighted by Gasteiger charge is 2.45. The first-order chi connectivity index (χ1) is 19.6. The Morgan fingerprint density at radius 2 is 1.73 bits per heavy atom. The maximum absolute atomic E-state index is 14.5. The zero-order valence-corrected chi connectivity index (χ0v) is 22.0. The van der Waals surface area contributed by atoms with Crippen LogP contribution in [0.3, 0.4) is 0 Å². The minimum absolute atomic E-state index is 0.0151. The summed E-state index contributed by atoms with van der Waals surface area (Å²) in [7, 11) is 0. The summed E-state index contributed by atoms with van der Waals surface area (Å²) >= 11 is 0. The summed E-state index contributed by atoms with van der Waals surface area (Å²) in [6, 6.07) is 24.0. The summed E-state index contributed by atoms with van der Waals surface area (Å²) < 4.78 is 34.4. The van der Waals surface area contributed by atoms with Crippen molar-refractivity contribution in [3.63, 3.8) is 0 Å². The number of hydrazine groups is 1. The molecule has 0 amide bonds. The number of hydrogen-bond acceptors (Lipinski definition) is 6. The molecule has 3 aromatic carbocycles. The van der Waals surface area contributed by atoms with Crippen LogP contribution in [0, 0.1) is 11.6 Å². The van der Waals surface area contributed by atoms with E-state index in [4.69, 9.17) is 15.5 Å². The van der Waals surface area contributed by atoms with E-state index in [9.17, 15) is 8.78 Å². The van der Waals surface area contributed by atoms with Crippen molar-refractivity contribution in [1.29, 1.82) is 0 Å². The van der Waals surface area contributed by atoms with E-state index in [1.54, 1.807) is 0 Å². The van der Waals surface area contributed by atoms with Gasteiger partial charge in [0.15, 0.2) is 5.84 Å². The van der Waals surface area contributed by atoms with Crippen LogP contribution < -0.4 is 10.7 Å². The maximum Gasteiger partial charge on any atom is 0.154 e. The first-order valence-electron chi connectivity index (χ1n) is 13.8. The molecule has 4 atom stereocenters. The number of halogens is 2. The lowest BCUT2D eigenvalue weighted by atomic mass is 9.92. The third-order valence-electron chi connectivity index (χ3n) is 8.36.